The molecule has 3 heterocycles. The fourth-order valence-corrected chi connectivity index (χ4v) is 3.38. The third kappa shape index (κ3) is 2.44. The number of aromatic nitrogens is 3. The van der Waals surface area contributed by atoms with E-state index in [2.05, 4.69) is 10.1 Å². The molecule has 0 bridgehead atoms. The number of hydrogen-bond acceptors (Lipinski definition) is 3. The van der Waals surface area contributed by atoms with Gasteiger partial charge in [-0.05, 0) is 37.5 Å². The maximum Gasteiger partial charge on any atom is 0.257 e. The largest absolute Gasteiger partial charge is 0.331 e. The maximum atomic E-state index is 13.5. The summed E-state index contributed by atoms with van der Waals surface area (Å²) in [4.78, 5) is 19.3. The van der Waals surface area contributed by atoms with E-state index < -0.39 is 0 Å². The van der Waals surface area contributed by atoms with Crippen molar-refractivity contribution in [1.82, 2.24) is 19.5 Å². The van der Waals surface area contributed by atoms with Gasteiger partial charge in [0, 0.05) is 18.8 Å². The molecule has 0 aliphatic carbocycles. The quantitative estimate of drug-likeness (QED) is 0.727. The number of benzene rings is 1. The lowest BCUT2D eigenvalue weighted by Gasteiger charge is -2.25. The highest BCUT2D eigenvalue weighted by Gasteiger charge is 2.32. The second-order valence-corrected chi connectivity index (χ2v) is 6.09. The molecule has 1 atom stereocenters. The number of likely N-dealkylation sites (tertiary alicyclic amines) is 1. The first-order chi connectivity index (χ1) is 11.6. The van der Waals surface area contributed by atoms with Crippen LogP contribution in [0.2, 0.25) is 0 Å². The molecule has 1 amide bonds. The number of rotatable bonds is 2. The van der Waals surface area contributed by atoms with Gasteiger partial charge in [0.15, 0.2) is 5.65 Å². The van der Waals surface area contributed by atoms with E-state index in [-0.39, 0.29) is 17.8 Å². The minimum Gasteiger partial charge on any atom is -0.331 e. The molecule has 1 unspecified atom stereocenters. The number of aryl methyl sites for hydroxylation is 1. The number of carbonyl (C=O) groups excluding carboxylic acids is 1. The van der Waals surface area contributed by atoms with Crippen LogP contribution in [0, 0.1) is 12.7 Å². The van der Waals surface area contributed by atoms with Crippen LogP contribution in [0.1, 0.15) is 40.5 Å². The molecular weight excluding hydrogens is 307 g/mol. The Morgan fingerprint density at radius 1 is 1.33 bits per heavy atom. The predicted molar refractivity (Wildman–Crippen MR) is 87.1 cm³/mol. The molecule has 0 radical (unpaired) electrons. The first-order valence-corrected chi connectivity index (χ1v) is 8.01. The molecule has 122 valence electrons. The molecule has 3 aromatic rings. The summed E-state index contributed by atoms with van der Waals surface area (Å²) in [5, 5.41) is 4.15. The van der Waals surface area contributed by atoms with E-state index >= 15 is 0 Å². The summed E-state index contributed by atoms with van der Waals surface area (Å²) in [7, 11) is 0. The van der Waals surface area contributed by atoms with Crippen LogP contribution in [-0.2, 0) is 0 Å². The normalized spacial score (nSPS) is 17.6. The van der Waals surface area contributed by atoms with Crippen molar-refractivity contribution in [3.05, 3.63) is 65.4 Å². The lowest BCUT2D eigenvalue weighted by atomic mass is 10.0. The summed E-state index contributed by atoms with van der Waals surface area (Å²) >= 11 is 0. The van der Waals surface area contributed by atoms with Gasteiger partial charge in [-0.1, -0.05) is 12.1 Å². The Morgan fingerprint density at radius 3 is 3.04 bits per heavy atom. The highest BCUT2D eigenvalue weighted by molar-refractivity contribution is 5.95. The topological polar surface area (TPSA) is 50.5 Å². The van der Waals surface area contributed by atoms with Gasteiger partial charge in [0.2, 0.25) is 0 Å². The summed E-state index contributed by atoms with van der Waals surface area (Å²) in [6, 6.07) is 8.20. The van der Waals surface area contributed by atoms with Crippen molar-refractivity contribution in [3.8, 4) is 0 Å². The van der Waals surface area contributed by atoms with Crippen molar-refractivity contribution < 1.29 is 9.18 Å². The van der Waals surface area contributed by atoms with Crippen LogP contribution < -0.4 is 0 Å². The zero-order chi connectivity index (χ0) is 16.7. The van der Waals surface area contributed by atoms with Crippen molar-refractivity contribution in [3.63, 3.8) is 0 Å². The average Bonchev–Trinajstić information content (AvgIpc) is 3.22. The van der Waals surface area contributed by atoms with Crippen LogP contribution in [0.25, 0.3) is 5.65 Å². The van der Waals surface area contributed by atoms with Crippen LogP contribution in [0.15, 0.2) is 42.7 Å². The van der Waals surface area contributed by atoms with Gasteiger partial charge in [0.25, 0.3) is 5.91 Å². The highest BCUT2D eigenvalue weighted by Crippen LogP contribution is 2.33. The number of halogens is 1. The lowest BCUT2D eigenvalue weighted by molar-refractivity contribution is 0.0733. The molecule has 1 fully saturated rings. The number of fused-ring (bicyclic) bond motifs is 1. The zero-order valence-electron chi connectivity index (χ0n) is 13.3. The average molecular weight is 324 g/mol. The first kappa shape index (κ1) is 14.8. The minimum atomic E-state index is -0.275. The van der Waals surface area contributed by atoms with Gasteiger partial charge in [0.05, 0.1) is 23.5 Å². The molecule has 0 spiro atoms. The van der Waals surface area contributed by atoms with Crippen molar-refractivity contribution in [2.75, 3.05) is 6.54 Å². The van der Waals surface area contributed by atoms with E-state index in [1.807, 2.05) is 17.9 Å². The summed E-state index contributed by atoms with van der Waals surface area (Å²) in [6.45, 7) is 2.49. The van der Waals surface area contributed by atoms with Gasteiger partial charge in [-0.15, -0.1) is 0 Å². The summed E-state index contributed by atoms with van der Waals surface area (Å²) in [5.74, 6) is -0.355. The van der Waals surface area contributed by atoms with Gasteiger partial charge in [-0.3, -0.25) is 4.79 Å². The fourth-order valence-electron chi connectivity index (χ4n) is 3.38. The zero-order valence-corrected chi connectivity index (χ0v) is 13.3. The molecule has 0 saturated carbocycles. The third-order valence-electron chi connectivity index (χ3n) is 4.55. The van der Waals surface area contributed by atoms with Gasteiger partial charge in [-0.25, -0.2) is 13.9 Å². The molecule has 2 aromatic heterocycles. The summed E-state index contributed by atoms with van der Waals surface area (Å²) < 4.78 is 15.2. The number of carbonyl (C=O) groups is 1. The molecular formula is C18H17FN4O. The Kier molecular flexibility index (Phi) is 3.52. The van der Waals surface area contributed by atoms with Crippen molar-refractivity contribution in [2.45, 2.75) is 25.8 Å². The summed E-state index contributed by atoms with van der Waals surface area (Å²) in [5.41, 5.74) is 2.77. The molecule has 6 heteroatoms. The standard InChI is InChI=1S/C18H17FN4O/c1-12-15(11-23-17(21-12)7-8-20-23)18(24)22-9-3-6-16(22)13-4-2-5-14(19)10-13/h2,4-5,7-8,10-11,16H,3,6,9H2,1H3. The van der Waals surface area contributed by atoms with Crippen LogP contribution in [0.4, 0.5) is 4.39 Å². The van der Waals surface area contributed by atoms with Crippen molar-refractivity contribution in [1.29, 1.82) is 0 Å². The Hall–Kier alpha value is -2.76. The SMILES string of the molecule is Cc1nc2ccnn2cc1C(=O)N1CCCC1c1cccc(F)c1. The number of hydrogen-bond donors (Lipinski definition) is 0. The maximum absolute atomic E-state index is 13.5. The minimum absolute atomic E-state index is 0.0795. The van der Waals surface area contributed by atoms with Gasteiger partial charge in [0.1, 0.15) is 5.82 Å². The number of nitrogens with zero attached hydrogens (tertiary/aromatic N) is 4. The fraction of sp³-hybridized carbons (Fsp3) is 0.278. The molecule has 24 heavy (non-hydrogen) atoms. The molecule has 5 nitrogen and oxygen atoms in total. The van der Waals surface area contributed by atoms with Crippen LogP contribution in [0.3, 0.4) is 0 Å². The molecule has 0 N–H and O–H groups in total. The van der Waals surface area contributed by atoms with E-state index in [0.29, 0.717) is 23.4 Å². The highest BCUT2D eigenvalue weighted by atomic mass is 19.1. The number of amides is 1. The molecule has 1 aromatic carbocycles. The third-order valence-corrected chi connectivity index (χ3v) is 4.55. The van der Waals surface area contributed by atoms with Crippen molar-refractivity contribution >= 4 is 11.6 Å². The predicted octanol–water partition coefficient (Wildman–Crippen LogP) is 3.15. The van der Waals surface area contributed by atoms with Crippen molar-refractivity contribution in [2.24, 2.45) is 0 Å². The summed E-state index contributed by atoms with van der Waals surface area (Å²) in [6.07, 6.45) is 5.12. The Bertz CT molecular complexity index is 920. The molecule has 1 aliphatic heterocycles. The van der Waals surface area contributed by atoms with Gasteiger partial charge < -0.3 is 4.90 Å². The van der Waals surface area contributed by atoms with Gasteiger partial charge >= 0.3 is 0 Å². The Morgan fingerprint density at radius 2 is 2.21 bits per heavy atom. The smallest absolute Gasteiger partial charge is 0.257 e. The van der Waals surface area contributed by atoms with E-state index in [1.165, 1.54) is 12.1 Å². The van der Waals surface area contributed by atoms with E-state index in [0.717, 1.165) is 18.4 Å². The van der Waals surface area contributed by atoms with Gasteiger partial charge in [-0.2, -0.15) is 5.10 Å². The second-order valence-electron chi connectivity index (χ2n) is 6.09. The molecule has 4 rings (SSSR count). The van der Waals surface area contributed by atoms with E-state index in [4.69, 9.17) is 0 Å². The van der Waals surface area contributed by atoms with E-state index in [9.17, 15) is 9.18 Å². The van der Waals surface area contributed by atoms with Crippen LogP contribution in [0.5, 0.6) is 0 Å². The van der Waals surface area contributed by atoms with Crippen LogP contribution in [-0.4, -0.2) is 31.9 Å². The van der Waals surface area contributed by atoms with Crippen LogP contribution >= 0.6 is 0 Å². The second kappa shape index (κ2) is 5.70. The first-order valence-electron chi connectivity index (χ1n) is 8.01. The lowest BCUT2D eigenvalue weighted by Crippen LogP contribution is -2.31. The Balaban J connectivity index is 1.70. The Labute approximate surface area is 138 Å². The van der Waals surface area contributed by atoms with E-state index in [1.54, 1.807) is 29.0 Å². The molecule has 1 aliphatic rings. The molecule has 1 saturated heterocycles. The monoisotopic (exact) mass is 324 g/mol.